The van der Waals surface area contributed by atoms with Crippen LogP contribution in [0.4, 0.5) is 0 Å². The molecule has 0 aromatic heterocycles. The number of nitrogens with zero attached hydrogens (tertiary/aromatic N) is 2. The molecule has 0 aliphatic rings. The van der Waals surface area contributed by atoms with Gasteiger partial charge in [-0.25, -0.2) is 0 Å². The van der Waals surface area contributed by atoms with E-state index >= 15 is 0 Å². The number of amides is 1. The van der Waals surface area contributed by atoms with Crippen LogP contribution in [0.1, 0.15) is 22.8 Å². The zero-order chi connectivity index (χ0) is 10.6. The minimum absolute atomic E-state index is 0.107. The van der Waals surface area contributed by atoms with Crippen LogP contribution in [0.25, 0.3) is 0 Å². The van der Waals surface area contributed by atoms with E-state index in [1.165, 1.54) is 0 Å². The first-order valence-electron chi connectivity index (χ1n) is 4.45. The van der Waals surface area contributed by atoms with Crippen molar-refractivity contribution in [2.24, 2.45) is 0 Å². The van der Waals surface area contributed by atoms with Gasteiger partial charge in [-0.2, -0.15) is 5.26 Å². The maximum absolute atomic E-state index is 11.7. The summed E-state index contributed by atoms with van der Waals surface area (Å²) in [5.41, 5.74) is 0.900. The Morgan fingerprint density at radius 3 is 2.71 bits per heavy atom. The highest BCUT2D eigenvalue weighted by molar-refractivity contribution is 5.96. The molecule has 3 heteroatoms. The van der Waals surface area contributed by atoms with Gasteiger partial charge in [0.1, 0.15) is 0 Å². The van der Waals surface area contributed by atoms with Crippen molar-refractivity contribution in [2.45, 2.75) is 6.92 Å². The lowest BCUT2D eigenvalue weighted by atomic mass is 10.1. The van der Waals surface area contributed by atoms with Crippen LogP contribution in [0.3, 0.4) is 0 Å². The normalized spacial score (nSPS) is 9.21. The van der Waals surface area contributed by atoms with Gasteiger partial charge >= 0.3 is 0 Å². The summed E-state index contributed by atoms with van der Waals surface area (Å²) in [6.07, 6.45) is 0. The molecule has 0 N–H and O–H groups in total. The van der Waals surface area contributed by atoms with E-state index in [0.29, 0.717) is 17.7 Å². The van der Waals surface area contributed by atoms with Gasteiger partial charge in [-0.3, -0.25) is 4.79 Å². The Morgan fingerprint density at radius 1 is 1.50 bits per heavy atom. The summed E-state index contributed by atoms with van der Waals surface area (Å²) in [5, 5.41) is 8.80. The Morgan fingerprint density at radius 2 is 2.14 bits per heavy atom. The SMILES string of the molecule is CCN(C)C(=O)c1ccccc1C#N. The fraction of sp³-hybridized carbons (Fsp3) is 0.273. The molecule has 0 fully saturated rings. The van der Waals surface area contributed by atoms with Gasteiger partial charge in [-0.15, -0.1) is 0 Å². The van der Waals surface area contributed by atoms with Gasteiger partial charge < -0.3 is 4.90 Å². The molecule has 0 saturated heterocycles. The topological polar surface area (TPSA) is 44.1 Å². The third-order valence-corrected chi connectivity index (χ3v) is 2.10. The van der Waals surface area contributed by atoms with Crippen LogP contribution in [-0.2, 0) is 0 Å². The maximum Gasteiger partial charge on any atom is 0.254 e. The number of carbonyl (C=O) groups excluding carboxylic acids is 1. The minimum Gasteiger partial charge on any atom is -0.342 e. The first kappa shape index (κ1) is 10.3. The number of hydrogen-bond acceptors (Lipinski definition) is 2. The average Bonchev–Trinajstić information content (AvgIpc) is 2.26. The van der Waals surface area contributed by atoms with E-state index in [1.54, 1.807) is 36.2 Å². The van der Waals surface area contributed by atoms with E-state index < -0.39 is 0 Å². The van der Waals surface area contributed by atoms with Crippen molar-refractivity contribution < 1.29 is 4.79 Å². The Labute approximate surface area is 83.6 Å². The first-order valence-corrected chi connectivity index (χ1v) is 4.45. The van der Waals surface area contributed by atoms with E-state index in [1.807, 2.05) is 13.0 Å². The number of hydrogen-bond donors (Lipinski definition) is 0. The fourth-order valence-corrected chi connectivity index (χ4v) is 1.12. The molecule has 0 atom stereocenters. The van der Waals surface area contributed by atoms with E-state index in [9.17, 15) is 4.79 Å². The number of benzene rings is 1. The largest absolute Gasteiger partial charge is 0.342 e. The van der Waals surface area contributed by atoms with E-state index in [4.69, 9.17) is 5.26 Å². The molecule has 1 aromatic rings. The molecule has 0 heterocycles. The van der Waals surface area contributed by atoms with Gasteiger partial charge in [0.15, 0.2) is 0 Å². The maximum atomic E-state index is 11.7. The van der Waals surface area contributed by atoms with Crippen LogP contribution in [0.5, 0.6) is 0 Å². The van der Waals surface area contributed by atoms with Gasteiger partial charge in [0.05, 0.1) is 17.2 Å². The van der Waals surface area contributed by atoms with Crippen LogP contribution in [0.15, 0.2) is 24.3 Å². The molecule has 0 aliphatic heterocycles. The van der Waals surface area contributed by atoms with E-state index in [0.717, 1.165) is 0 Å². The molecule has 0 bridgehead atoms. The van der Waals surface area contributed by atoms with Crippen LogP contribution < -0.4 is 0 Å². The van der Waals surface area contributed by atoms with E-state index in [2.05, 4.69) is 0 Å². The Bertz CT molecular complexity index is 379. The lowest BCUT2D eigenvalue weighted by Gasteiger charge is -2.14. The third-order valence-electron chi connectivity index (χ3n) is 2.10. The molecular weight excluding hydrogens is 176 g/mol. The number of rotatable bonds is 2. The quantitative estimate of drug-likeness (QED) is 0.708. The van der Waals surface area contributed by atoms with Gasteiger partial charge in [-0.05, 0) is 19.1 Å². The second-order valence-electron chi connectivity index (χ2n) is 2.98. The summed E-state index contributed by atoms with van der Waals surface area (Å²) in [5.74, 6) is -0.107. The zero-order valence-corrected chi connectivity index (χ0v) is 8.32. The highest BCUT2D eigenvalue weighted by Crippen LogP contribution is 2.09. The van der Waals surface area contributed by atoms with Gasteiger partial charge in [0.2, 0.25) is 0 Å². The fourth-order valence-electron chi connectivity index (χ4n) is 1.12. The second kappa shape index (κ2) is 4.43. The van der Waals surface area contributed by atoms with Crippen molar-refractivity contribution in [3.05, 3.63) is 35.4 Å². The summed E-state index contributed by atoms with van der Waals surface area (Å²) in [6.45, 7) is 2.53. The molecule has 0 spiro atoms. The second-order valence-corrected chi connectivity index (χ2v) is 2.98. The molecule has 3 nitrogen and oxygen atoms in total. The number of carbonyl (C=O) groups is 1. The average molecular weight is 188 g/mol. The van der Waals surface area contributed by atoms with Crippen molar-refractivity contribution >= 4 is 5.91 Å². The molecule has 1 rings (SSSR count). The molecule has 1 amide bonds. The molecular formula is C11H12N2O. The molecule has 1 aromatic carbocycles. The molecule has 0 saturated carbocycles. The summed E-state index contributed by atoms with van der Waals surface area (Å²) < 4.78 is 0. The molecule has 14 heavy (non-hydrogen) atoms. The highest BCUT2D eigenvalue weighted by Gasteiger charge is 2.13. The molecule has 72 valence electrons. The predicted octanol–water partition coefficient (Wildman–Crippen LogP) is 1.65. The van der Waals surface area contributed by atoms with Gasteiger partial charge in [0, 0.05) is 13.6 Å². The first-order chi connectivity index (χ1) is 6.70. The summed E-state index contributed by atoms with van der Waals surface area (Å²) in [7, 11) is 1.72. The van der Waals surface area contributed by atoms with Crippen LogP contribution in [0.2, 0.25) is 0 Å². The highest BCUT2D eigenvalue weighted by atomic mass is 16.2. The summed E-state index contributed by atoms with van der Waals surface area (Å²) in [4.78, 5) is 13.3. The smallest absolute Gasteiger partial charge is 0.254 e. The zero-order valence-electron chi connectivity index (χ0n) is 8.32. The van der Waals surface area contributed by atoms with E-state index in [-0.39, 0.29) is 5.91 Å². The Balaban J connectivity index is 3.08. The summed E-state index contributed by atoms with van der Waals surface area (Å²) in [6, 6.07) is 8.84. The molecule has 0 radical (unpaired) electrons. The third kappa shape index (κ3) is 1.91. The van der Waals surface area contributed by atoms with Crippen molar-refractivity contribution in [3.8, 4) is 6.07 Å². The van der Waals surface area contributed by atoms with Crippen molar-refractivity contribution in [3.63, 3.8) is 0 Å². The lowest BCUT2D eigenvalue weighted by molar-refractivity contribution is 0.0802. The van der Waals surface area contributed by atoms with Gasteiger partial charge in [-0.1, -0.05) is 12.1 Å². The monoisotopic (exact) mass is 188 g/mol. The standard InChI is InChI=1S/C11H12N2O/c1-3-13(2)11(14)10-7-5-4-6-9(10)8-12/h4-7H,3H2,1-2H3. The van der Waals surface area contributed by atoms with Crippen LogP contribution in [-0.4, -0.2) is 24.4 Å². The van der Waals surface area contributed by atoms with Crippen molar-refractivity contribution in [1.29, 1.82) is 5.26 Å². The summed E-state index contributed by atoms with van der Waals surface area (Å²) >= 11 is 0. The minimum atomic E-state index is -0.107. The van der Waals surface area contributed by atoms with Gasteiger partial charge in [0.25, 0.3) is 5.91 Å². The van der Waals surface area contributed by atoms with Crippen LogP contribution in [0, 0.1) is 11.3 Å². The molecule has 0 unspecified atom stereocenters. The van der Waals surface area contributed by atoms with Crippen LogP contribution >= 0.6 is 0 Å². The Kier molecular flexibility index (Phi) is 3.24. The number of nitriles is 1. The predicted molar refractivity (Wildman–Crippen MR) is 53.8 cm³/mol. The van der Waals surface area contributed by atoms with Crippen molar-refractivity contribution in [2.75, 3.05) is 13.6 Å². The van der Waals surface area contributed by atoms with Crippen molar-refractivity contribution in [1.82, 2.24) is 4.90 Å². The molecule has 0 aliphatic carbocycles. The Hall–Kier alpha value is -1.82. The lowest BCUT2D eigenvalue weighted by Crippen LogP contribution is -2.26.